The van der Waals surface area contributed by atoms with Gasteiger partial charge >= 0.3 is 11.9 Å². The van der Waals surface area contributed by atoms with E-state index in [4.69, 9.17) is 14.2 Å². The van der Waals surface area contributed by atoms with Gasteiger partial charge in [0.15, 0.2) is 6.10 Å². The molecule has 0 aromatic carbocycles. The zero-order chi connectivity index (χ0) is 37.8. The van der Waals surface area contributed by atoms with Crippen LogP contribution >= 0.6 is 0 Å². The van der Waals surface area contributed by atoms with Gasteiger partial charge in [0, 0.05) is 12.8 Å². The maximum Gasteiger partial charge on any atom is 0.306 e. The zero-order valence-electron chi connectivity index (χ0n) is 33.3. The smallest absolute Gasteiger partial charge is 0.306 e. The monoisotopic (exact) mass is 719 g/mol. The summed E-state index contributed by atoms with van der Waals surface area (Å²) in [6.45, 7) is 7.23. The van der Waals surface area contributed by atoms with Crippen molar-refractivity contribution in [2.75, 3.05) is 19.8 Å². The third kappa shape index (κ3) is 39.3. The van der Waals surface area contributed by atoms with Crippen LogP contribution in [0.3, 0.4) is 0 Å². The van der Waals surface area contributed by atoms with Crippen LogP contribution < -0.4 is 0 Å². The Morgan fingerprint density at radius 1 is 0.442 bits per heavy atom. The standard InChI is InChI=1S/C47H74O5/c1-4-7-10-13-16-18-20-22-23-24-26-28-30-33-36-39-42-50-43-45(52-47(49)41-38-35-31-15-12-9-6-3)44-51-46(48)40-37-34-32-29-27-25-21-19-17-14-11-8-5-2/h7-8,10-11,16-19,22-23,25-28,32-34,36,45H,4-6,9,12-15,20-21,24,29-31,35,37-44H2,1-3H3/b10-7-,11-8-,18-16-,19-17-,23-22-,27-25-,28-26-,34-32-,36-33-. The summed E-state index contributed by atoms with van der Waals surface area (Å²) >= 11 is 0. The van der Waals surface area contributed by atoms with Crippen molar-refractivity contribution in [2.45, 2.75) is 155 Å². The molecule has 0 bridgehead atoms. The molecule has 0 saturated heterocycles. The van der Waals surface area contributed by atoms with Crippen molar-refractivity contribution in [2.24, 2.45) is 0 Å². The number of rotatable bonds is 35. The lowest BCUT2D eigenvalue weighted by atomic mass is 10.1. The molecule has 1 unspecified atom stereocenters. The van der Waals surface area contributed by atoms with E-state index in [1.165, 1.54) is 25.7 Å². The van der Waals surface area contributed by atoms with E-state index in [0.717, 1.165) is 83.5 Å². The summed E-state index contributed by atoms with van der Waals surface area (Å²) in [4.78, 5) is 25.0. The first-order chi connectivity index (χ1) is 25.6. The van der Waals surface area contributed by atoms with E-state index in [0.29, 0.717) is 19.4 Å². The van der Waals surface area contributed by atoms with Crippen molar-refractivity contribution in [3.63, 3.8) is 0 Å². The summed E-state index contributed by atoms with van der Waals surface area (Å²) in [7, 11) is 0. The first-order valence-corrected chi connectivity index (χ1v) is 20.4. The Kier molecular flexibility index (Phi) is 39.2. The number of ether oxygens (including phenoxy) is 3. The predicted molar refractivity (Wildman–Crippen MR) is 223 cm³/mol. The molecular weight excluding hydrogens is 645 g/mol. The molecule has 1 atom stereocenters. The van der Waals surface area contributed by atoms with E-state index < -0.39 is 6.10 Å². The van der Waals surface area contributed by atoms with Gasteiger partial charge in [0.05, 0.1) is 13.2 Å². The van der Waals surface area contributed by atoms with Crippen LogP contribution in [0.2, 0.25) is 0 Å². The minimum absolute atomic E-state index is 0.0114. The van der Waals surface area contributed by atoms with Gasteiger partial charge in [-0.25, -0.2) is 0 Å². The van der Waals surface area contributed by atoms with Crippen molar-refractivity contribution < 1.29 is 23.8 Å². The Morgan fingerprint density at radius 2 is 0.865 bits per heavy atom. The lowest BCUT2D eigenvalue weighted by Crippen LogP contribution is -2.30. The lowest BCUT2D eigenvalue weighted by molar-refractivity contribution is -0.162. The Hall–Kier alpha value is -3.44. The fourth-order valence-electron chi connectivity index (χ4n) is 4.88. The third-order valence-electron chi connectivity index (χ3n) is 7.84. The van der Waals surface area contributed by atoms with E-state index in [2.05, 4.69) is 124 Å². The van der Waals surface area contributed by atoms with Crippen molar-refractivity contribution >= 4 is 11.9 Å². The lowest BCUT2D eigenvalue weighted by Gasteiger charge is -2.18. The number of carbonyl (C=O) groups excluding carboxylic acids is 2. The molecule has 0 aromatic heterocycles. The average Bonchev–Trinajstić information content (AvgIpc) is 3.14. The van der Waals surface area contributed by atoms with Crippen molar-refractivity contribution in [1.82, 2.24) is 0 Å². The Bertz CT molecular complexity index is 1090. The fraction of sp³-hybridized carbons (Fsp3) is 0.574. The van der Waals surface area contributed by atoms with E-state index >= 15 is 0 Å². The Labute approximate surface area is 319 Å². The molecule has 0 saturated carbocycles. The Morgan fingerprint density at radius 3 is 1.35 bits per heavy atom. The van der Waals surface area contributed by atoms with Crippen LogP contribution in [0.5, 0.6) is 0 Å². The zero-order valence-corrected chi connectivity index (χ0v) is 33.3. The van der Waals surface area contributed by atoms with Gasteiger partial charge in [0.25, 0.3) is 0 Å². The number of unbranched alkanes of at least 4 members (excludes halogenated alkanes) is 6. The van der Waals surface area contributed by atoms with Gasteiger partial charge in [-0.3, -0.25) is 9.59 Å². The molecule has 0 amide bonds. The first kappa shape index (κ1) is 48.6. The van der Waals surface area contributed by atoms with Crippen LogP contribution in [0.15, 0.2) is 109 Å². The quantitative estimate of drug-likeness (QED) is 0.0371. The minimum atomic E-state index is -0.605. The molecule has 0 aromatic rings. The molecule has 0 rings (SSSR count). The first-order valence-electron chi connectivity index (χ1n) is 20.4. The SMILES string of the molecule is CC/C=C\C/C=C\C/C=C\C/C=C\C/C=C\CCOCC(COC(=O)CC/C=C\C/C=C\C/C=C\C/C=C\CC)OC(=O)CCCCCCCCC. The van der Waals surface area contributed by atoms with Crippen molar-refractivity contribution in [1.29, 1.82) is 0 Å². The van der Waals surface area contributed by atoms with Crippen LogP contribution in [0.25, 0.3) is 0 Å². The van der Waals surface area contributed by atoms with Gasteiger partial charge in [-0.2, -0.15) is 0 Å². The molecule has 0 aliphatic heterocycles. The second kappa shape index (κ2) is 42.0. The molecule has 292 valence electrons. The number of allylic oxidation sites excluding steroid dienone is 17. The summed E-state index contributed by atoms with van der Waals surface area (Å²) < 4.78 is 17.0. The second-order valence-electron chi connectivity index (χ2n) is 12.8. The maximum atomic E-state index is 12.6. The molecule has 0 aliphatic rings. The highest BCUT2D eigenvalue weighted by molar-refractivity contribution is 5.70. The molecular formula is C47H74O5. The topological polar surface area (TPSA) is 61.8 Å². The number of hydrogen-bond acceptors (Lipinski definition) is 5. The molecule has 0 aliphatic carbocycles. The average molecular weight is 719 g/mol. The normalized spacial score (nSPS) is 13.4. The van der Waals surface area contributed by atoms with E-state index in [1.54, 1.807) is 0 Å². The van der Waals surface area contributed by atoms with Crippen molar-refractivity contribution in [3.8, 4) is 0 Å². The number of carbonyl (C=O) groups is 2. The van der Waals surface area contributed by atoms with Crippen molar-refractivity contribution in [3.05, 3.63) is 109 Å². The fourth-order valence-corrected chi connectivity index (χ4v) is 4.88. The molecule has 0 heterocycles. The molecule has 0 radical (unpaired) electrons. The van der Waals surface area contributed by atoms with Gasteiger partial charge < -0.3 is 14.2 Å². The summed E-state index contributed by atoms with van der Waals surface area (Å²) in [5, 5.41) is 0. The second-order valence-corrected chi connectivity index (χ2v) is 12.8. The highest BCUT2D eigenvalue weighted by Crippen LogP contribution is 2.10. The highest BCUT2D eigenvalue weighted by Gasteiger charge is 2.17. The largest absolute Gasteiger partial charge is 0.462 e. The molecule has 0 spiro atoms. The van der Waals surface area contributed by atoms with E-state index in [1.807, 2.05) is 6.08 Å². The highest BCUT2D eigenvalue weighted by atomic mass is 16.6. The summed E-state index contributed by atoms with van der Waals surface area (Å²) in [5.74, 6) is -0.551. The van der Waals surface area contributed by atoms with Crippen LogP contribution in [0.4, 0.5) is 0 Å². The predicted octanol–water partition coefficient (Wildman–Crippen LogP) is 13.3. The van der Waals surface area contributed by atoms with Crippen LogP contribution in [0, 0.1) is 0 Å². The van der Waals surface area contributed by atoms with Gasteiger partial charge in [0.2, 0.25) is 0 Å². The van der Waals surface area contributed by atoms with Crippen LogP contribution in [-0.2, 0) is 23.8 Å². The molecule has 0 N–H and O–H groups in total. The molecule has 52 heavy (non-hydrogen) atoms. The minimum Gasteiger partial charge on any atom is -0.462 e. The van der Waals surface area contributed by atoms with E-state index in [9.17, 15) is 9.59 Å². The van der Waals surface area contributed by atoms with E-state index in [-0.39, 0.29) is 31.6 Å². The molecule has 5 heteroatoms. The molecule has 0 fully saturated rings. The summed E-state index contributed by atoms with van der Waals surface area (Å²) in [6, 6.07) is 0. The summed E-state index contributed by atoms with van der Waals surface area (Å²) in [6.07, 6.45) is 57.0. The number of hydrogen-bond donors (Lipinski definition) is 0. The summed E-state index contributed by atoms with van der Waals surface area (Å²) in [5.41, 5.74) is 0. The third-order valence-corrected chi connectivity index (χ3v) is 7.84. The Balaban J connectivity index is 4.44. The van der Waals surface area contributed by atoms with Gasteiger partial charge in [-0.05, 0) is 77.0 Å². The van der Waals surface area contributed by atoms with Crippen LogP contribution in [0.1, 0.15) is 149 Å². The van der Waals surface area contributed by atoms with Crippen LogP contribution in [-0.4, -0.2) is 37.9 Å². The van der Waals surface area contributed by atoms with Gasteiger partial charge in [-0.15, -0.1) is 0 Å². The number of esters is 2. The van der Waals surface area contributed by atoms with Gasteiger partial charge in [0.1, 0.15) is 6.61 Å². The maximum absolute atomic E-state index is 12.6. The van der Waals surface area contributed by atoms with Gasteiger partial charge in [-0.1, -0.05) is 169 Å². The molecule has 5 nitrogen and oxygen atoms in total.